The van der Waals surface area contributed by atoms with Crippen molar-refractivity contribution in [3.8, 4) is 0 Å². The summed E-state index contributed by atoms with van der Waals surface area (Å²) in [5, 5.41) is 0. The fourth-order valence-electron chi connectivity index (χ4n) is 0.399. The van der Waals surface area contributed by atoms with Gasteiger partial charge in [0.25, 0.3) is 0 Å². The molecule has 0 aliphatic heterocycles. The topological polar surface area (TPSA) is 17.1 Å². The SMILES string of the molecule is CC(=O)C(F)(F)C(F)(F)C(F)(F)F. The summed E-state index contributed by atoms with van der Waals surface area (Å²) in [6.07, 6.45) is -6.44. The molecule has 0 aliphatic carbocycles. The van der Waals surface area contributed by atoms with Crippen LogP contribution in [-0.2, 0) is 4.79 Å². The van der Waals surface area contributed by atoms with Gasteiger partial charge in [0.1, 0.15) is 0 Å². The summed E-state index contributed by atoms with van der Waals surface area (Å²) in [7, 11) is 0. The van der Waals surface area contributed by atoms with E-state index in [2.05, 4.69) is 0 Å². The number of hydrogen-bond donors (Lipinski definition) is 0. The van der Waals surface area contributed by atoms with Crippen molar-refractivity contribution in [2.75, 3.05) is 0 Å². The zero-order valence-electron chi connectivity index (χ0n) is 6.05. The Morgan fingerprint density at radius 2 is 1.23 bits per heavy atom. The van der Waals surface area contributed by atoms with E-state index in [1.807, 2.05) is 0 Å². The van der Waals surface area contributed by atoms with Crippen LogP contribution >= 0.6 is 0 Å². The van der Waals surface area contributed by atoms with Crippen LogP contribution < -0.4 is 0 Å². The normalized spacial score (nSPS) is 14.5. The molecule has 0 aromatic heterocycles. The quantitative estimate of drug-likeness (QED) is 0.642. The van der Waals surface area contributed by atoms with Gasteiger partial charge in [-0.25, -0.2) is 0 Å². The van der Waals surface area contributed by atoms with Gasteiger partial charge in [-0.3, -0.25) is 4.79 Å². The maximum atomic E-state index is 12.0. The van der Waals surface area contributed by atoms with Crippen LogP contribution in [0.25, 0.3) is 0 Å². The van der Waals surface area contributed by atoms with Crippen LogP contribution in [0.1, 0.15) is 6.92 Å². The fourth-order valence-corrected chi connectivity index (χ4v) is 0.399. The summed E-state index contributed by atoms with van der Waals surface area (Å²) in [6.45, 7) is -0.0420. The van der Waals surface area contributed by atoms with Crippen molar-refractivity contribution in [2.24, 2.45) is 0 Å². The highest BCUT2D eigenvalue weighted by Gasteiger charge is 2.75. The zero-order chi connectivity index (χ0) is 11.1. The number of hydrogen-bond acceptors (Lipinski definition) is 1. The van der Waals surface area contributed by atoms with E-state index >= 15 is 0 Å². The molecule has 0 aliphatic rings. The lowest BCUT2D eigenvalue weighted by molar-refractivity contribution is -0.343. The van der Waals surface area contributed by atoms with Gasteiger partial charge in [-0.2, -0.15) is 30.7 Å². The van der Waals surface area contributed by atoms with Crippen LogP contribution in [0.5, 0.6) is 0 Å². The van der Waals surface area contributed by atoms with Crippen molar-refractivity contribution in [2.45, 2.75) is 24.9 Å². The number of rotatable bonds is 2. The second-order valence-electron chi connectivity index (χ2n) is 2.20. The minimum Gasteiger partial charge on any atom is -0.293 e. The first-order valence-corrected chi connectivity index (χ1v) is 2.78. The third-order valence-corrected chi connectivity index (χ3v) is 1.19. The van der Waals surface area contributed by atoms with Crippen molar-refractivity contribution in [3.63, 3.8) is 0 Å². The molecule has 0 atom stereocenters. The van der Waals surface area contributed by atoms with Crippen molar-refractivity contribution < 1.29 is 35.5 Å². The van der Waals surface area contributed by atoms with E-state index in [1.54, 1.807) is 0 Å². The average molecular weight is 212 g/mol. The van der Waals surface area contributed by atoms with E-state index in [4.69, 9.17) is 0 Å². The Hall–Kier alpha value is -0.820. The number of Topliss-reactive ketones (excluding diaryl/α,β-unsaturated/α-hetero) is 1. The smallest absolute Gasteiger partial charge is 0.293 e. The van der Waals surface area contributed by atoms with E-state index in [9.17, 15) is 35.5 Å². The second-order valence-corrected chi connectivity index (χ2v) is 2.20. The first-order valence-electron chi connectivity index (χ1n) is 2.78. The third-order valence-electron chi connectivity index (χ3n) is 1.19. The van der Waals surface area contributed by atoms with Gasteiger partial charge >= 0.3 is 18.0 Å². The monoisotopic (exact) mass is 212 g/mol. The fraction of sp³-hybridized carbons (Fsp3) is 0.800. The highest BCUT2D eigenvalue weighted by Crippen LogP contribution is 2.46. The Balaban J connectivity index is 5.16. The number of ketones is 1. The minimum absolute atomic E-state index is 0.0420. The molecule has 0 N–H and O–H groups in total. The lowest BCUT2D eigenvalue weighted by atomic mass is 10.1. The van der Waals surface area contributed by atoms with Gasteiger partial charge in [0.05, 0.1) is 0 Å². The Bertz CT molecular complexity index is 215. The van der Waals surface area contributed by atoms with E-state index in [0.717, 1.165) is 0 Å². The molecule has 0 aromatic rings. The molecule has 0 fully saturated rings. The Morgan fingerprint density at radius 3 is 1.31 bits per heavy atom. The van der Waals surface area contributed by atoms with Gasteiger partial charge in [-0.1, -0.05) is 0 Å². The van der Waals surface area contributed by atoms with Gasteiger partial charge in [0, 0.05) is 6.92 Å². The van der Waals surface area contributed by atoms with Crippen LogP contribution in [-0.4, -0.2) is 23.8 Å². The highest BCUT2D eigenvalue weighted by molar-refractivity contribution is 5.84. The van der Waals surface area contributed by atoms with Crippen LogP contribution in [0, 0.1) is 0 Å². The summed E-state index contributed by atoms with van der Waals surface area (Å²) in [6, 6.07) is 0. The molecule has 1 nitrogen and oxygen atoms in total. The zero-order valence-corrected chi connectivity index (χ0v) is 6.05. The molecule has 0 radical (unpaired) electrons. The van der Waals surface area contributed by atoms with Crippen LogP contribution in [0.4, 0.5) is 30.7 Å². The van der Waals surface area contributed by atoms with E-state index in [1.165, 1.54) is 0 Å². The Labute approximate surface area is 67.5 Å². The molecule has 13 heavy (non-hydrogen) atoms. The molecule has 0 saturated carbocycles. The summed E-state index contributed by atoms with van der Waals surface area (Å²) < 4.78 is 81.6. The predicted octanol–water partition coefficient (Wildman–Crippen LogP) is 2.41. The first-order chi connectivity index (χ1) is 5.44. The average Bonchev–Trinajstić information content (AvgIpc) is 1.84. The molecular weight excluding hydrogens is 209 g/mol. The number of halogens is 7. The van der Waals surface area contributed by atoms with Gasteiger partial charge in [-0.05, 0) is 0 Å². The third kappa shape index (κ3) is 1.75. The molecule has 0 saturated heterocycles. The molecule has 0 amide bonds. The van der Waals surface area contributed by atoms with Crippen LogP contribution in [0.15, 0.2) is 0 Å². The van der Waals surface area contributed by atoms with E-state index < -0.39 is 23.8 Å². The van der Waals surface area contributed by atoms with Crippen molar-refractivity contribution in [1.82, 2.24) is 0 Å². The van der Waals surface area contributed by atoms with E-state index in [0.29, 0.717) is 0 Å². The number of carbonyl (C=O) groups excluding carboxylic acids is 1. The van der Waals surface area contributed by atoms with Crippen molar-refractivity contribution >= 4 is 5.78 Å². The van der Waals surface area contributed by atoms with Gasteiger partial charge in [0.15, 0.2) is 0 Å². The Morgan fingerprint density at radius 1 is 0.923 bits per heavy atom. The molecule has 0 bridgehead atoms. The molecule has 78 valence electrons. The summed E-state index contributed by atoms with van der Waals surface area (Å²) >= 11 is 0. The summed E-state index contributed by atoms with van der Waals surface area (Å²) in [4.78, 5) is 9.83. The second kappa shape index (κ2) is 2.85. The maximum absolute atomic E-state index is 12.0. The van der Waals surface area contributed by atoms with E-state index in [-0.39, 0.29) is 6.92 Å². The standard InChI is InChI=1S/C5H3F7O/c1-2(13)3(6,7)4(8,9)5(10,11)12/h1H3. The summed E-state index contributed by atoms with van der Waals surface area (Å²) in [5.41, 5.74) is 0. The Kier molecular flexibility index (Phi) is 2.67. The molecule has 8 heteroatoms. The largest absolute Gasteiger partial charge is 0.460 e. The molecule has 0 aromatic carbocycles. The van der Waals surface area contributed by atoms with Crippen molar-refractivity contribution in [3.05, 3.63) is 0 Å². The molecule has 0 rings (SSSR count). The predicted molar refractivity (Wildman–Crippen MR) is 26.6 cm³/mol. The van der Waals surface area contributed by atoms with Gasteiger partial charge < -0.3 is 0 Å². The van der Waals surface area contributed by atoms with Crippen LogP contribution in [0.2, 0.25) is 0 Å². The van der Waals surface area contributed by atoms with Crippen molar-refractivity contribution in [1.29, 1.82) is 0 Å². The highest BCUT2D eigenvalue weighted by atomic mass is 19.4. The van der Waals surface area contributed by atoms with Gasteiger partial charge in [0.2, 0.25) is 5.78 Å². The number of carbonyl (C=O) groups is 1. The molecular formula is C5H3F7O. The van der Waals surface area contributed by atoms with Crippen LogP contribution in [0.3, 0.4) is 0 Å². The first kappa shape index (κ1) is 12.2. The molecule has 0 spiro atoms. The number of alkyl halides is 7. The minimum atomic E-state index is -6.44. The van der Waals surface area contributed by atoms with Gasteiger partial charge in [-0.15, -0.1) is 0 Å². The molecule has 0 unspecified atom stereocenters. The lowest BCUT2D eigenvalue weighted by Gasteiger charge is -2.25. The molecule has 0 heterocycles. The maximum Gasteiger partial charge on any atom is 0.460 e. The summed E-state index contributed by atoms with van der Waals surface area (Å²) in [5.74, 6) is -14.6. The lowest BCUT2D eigenvalue weighted by Crippen LogP contribution is -2.55.